The molecular weight excluding hydrogens is 138 g/mol. The Labute approximate surface area is 68.2 Å². The second kappa shape index (κ2) is 3.35. The van der Waals surface area contributed by atoms with Gasteiger partial charge in [-0.05, 0) is 19.3 Å². The number of carbonyl (C=O) groups excluding carboxylic acids is 1. The van der Waals surface area contributed by atoms with E-state index in [9.17, 15) is 4.79 Å². The van der Waals surface area contributed by atoms with E-state index in [4.69, 9.17) is 5.73 Å². The lowest BCUT2D eigenvalue weighted by atomic mass is 10.1. The van der Waals surface area contributed by atoms with Crippen molar-refractivity contribution in [1.29, 1.82) is 0 Å². The molecule has 2 heteroatoms. The first-order valence-electron chi connectivity index (χ1n) is 4.47. The third kappa shape index (κ3) is 3.02. The zero-order valence-electron chi connectivity index (χ0n) is 7.23. The molecule has 64 valence electrons. The van der Waals surface area contributed by atoms with E-state index < -0.39 is 0 Å². The van der Waals surface area contributed by atoms with Crippen molar-refractivity contribution in [1.82, 2.24) is 0 Å². The first-order valence-corrected chi connectivity index (χ1v) is 4.47. The summed E-state index contributed by atoms with van der Waals surface area (Å²) in [7, 11) is 0. The quantitative estimate of drug-likeness (QED) is 0.655. The first kappa shape index (κ1) is 8.72. The molecule has 0 saturated heterocycles. The van der Waals surface area contributed by atoms with Crippen LogP contribution in [-0.2, 0) is 4.79 Å². The van der Waals surface area contributed by atoms with E-state index >= 15 is 0 Å². The van der Waals surface area contributed by atoms with E-state index in [1.165, 1.54) is 0 Å². The van der Waals surface area contributed by atoms with Crippen molar-refractivity contribution in [3.05, 3.63) is 0 Å². The van der Waals surface area contributed by atoms with Gasteiger partial charge in [-0.25, -0.2) is 0 Å². The van der Waals surface area contributed by atoms with Crippen LogP contribution in [0.25, 0.3) is 0 Å². The molecule has 0 atom stereocenters. The molecule has 2 N–H and O–H groups in total. The molecule has 11 heavy (non-hydrogen) atoms. The molecule has 1 aliphatic rings. The average Bonchev–Trinajstić information content (AvgIpc) is 2.63. The van der Waals surface area contributed by atoms with Crippen molar-refractivity contribution >= 4 is 5.78 Å². The highest BCUT2D eigenvalue weighted by Gasteiger charge is 2.39. The Morgan fingerprint density at radius 2 is 2.18 bits per heavy atom. The Hall–Kier alpha value is -0.370. The van der Waals surface area contributed by atoms with Crippen molar-refractivity contribution < 1.29 is 4.79 Å². The van der Waals surface area contributed by atoms with Gasteiger partial charge >= 0.3 is 0 Å². The molecule has 0 unspecified atom stereocenters. The summed E-state index contributed by atoms with van der Waals surface area (Å²) >= 11 is 0. The van der Waals surface area contributed by atoms with Crippen LogP contribution >= 0.6 is 0 Å². The number of carbonyl (C=O) groups is 1. The highest BCUT2D eigenvalue weighted by atomic mass is 16.1. The van der Waals surface area contributed by atoms with Crippen LogP contribution in [0.1, 0.15) is 45.4 Å². The monoisotopic (exact) mass is 155 g/mol. The van der Waals surface area contributed by atoms with Crippen LogP contribution in [-0.4, -0.2) is 11.3 Å². The highest BCUT2D eigenvalue weighted by Crippen LogP contribution is 2.36. The maximum Gasteiger partial charge on any atom is 0.134 e. The summed E-state index contributed by atoms with van der Waals surface area (Å²) in [5.41, 5.74) is 5.72. The smallest absolute Gasteiger partial charge is 0.134 e. The molecular formula is C9H17NO. The molecule has 0 spiro atoms. The van der Waals surface area contributed by atoms with Gasteiger partial charge in [0.1, 0.15) is 5.78 Å². The van der Waals surface area contributed by atoms with E-state index in [0.717, 1.165) is 32.1 Å². The minimum atomic E-state index is -0.0785. The van der Waals surface area contributed by atoms with Gasteiger partial charge in [-0.1, -0.05) is 13.3 Å². The van der Waals surface area contributed by atoms with Crippen LogP contribution < -0.4 is 5.73 Å². The summed E-state index contributed by atoms with van der Waals surface area (Å²) in [5.74, 6) is 0.354. The van der Waals surface area contributed by atoms with Crippen molar-refractivity contribution in [3.8, 4) is 0 Å². The second-order valence-electron chi connectivity index (χ2n) is 3.68. The molecule has 0 bridgehead atoms. The number of hydrogen-bond donors (Lipinski definition) is 1. The van der Waals surface area contributed by atoms with E-state index in [0.29, 0.717) is 12.2 Å². The first-order chi connectivity index (χ1) is 5.16. The number of Topliss-reactive ketones (excluding diaryl/α,β-unsaturated/α-hetero) is 1. The molecule has 0 amide bonds. The molecule has 0 aromatic heterocycles. The Kier molecular flexibility index (Phi) is 2.66. The standard InChI is InChI=1S/C9H17NO/c1-2-3-4-8(11)7-9(10)5-6-9/h2-7,10H2,1H3. The highest BCUT2D eigenvalue weighted by molar-refractivity contribution is 5.80. The van der Waals surface area contributed by atoms with Gasteiger partial charge in [0.2, 0.25) is 0 Å². The molecule has 0 aliphatic heterocycles. The molecule has 1 fully saturated rings. The molecule has 1 aliphatic carbocycles. The van der Waals surface area contributed by atoms with Gasteiger partial charge in [0, 0.05) is 18.4 Å². The van der Waals surface area contributed by atoms with Crippen molar-refractivity contribution in [2.24, 2.45) is 5.73 Å². The number of rotatable bonds is 5. The maximum atomic E-state index is 11.2. The van der Waals surface area contributed by atoms with Crippen molar-refractivity contribution in [2.75, 3.05) is 0 Å². The van der Waals surface area contributed by atoms with Crippen LogP contribution in [0.2, 0.25) is 0 Å². The lowest BCUT2D eigenvalue weighted by Gasteiger charge is -2.05. The Balaban J connectivity index is 2.11. The summed E-state index contributed by atoms with van der Waals surface area (Å²) in [6.07, 6.45) is 5.57. The number of ketones is 1. The minimum Gasteiger partial charge on any atom is -0.325 e. The van der Waals surface area contributed by atoms with Gasteiger partial charge in [0.25, 0.3) is 0 Å². The van der Waals surface area contributed by atoms with E-state index in [1.807, 2.05) is 0 Å². The molecule has 0 radical (unpaired) electrons. The zero-order chi connectivity index (χ0) is 8.32. The average molecular weight is 155 g/mol. The predicted molar refractivity (Wildman–Crippen MR) is 45.3 cm³/mol. The third-order valence-corrected chi connectivity index (χ3v) is 2.25. The topological polar surface area (TPSA) is 43.1 Å². The number of hydrogen-bond acceptors (Lipinski definition) is 2. The van der Waals surface area contributed by atoms with Gasteiger partial charge in [-0.15, -0.1) is 0 Å². The van der Waals surface area contributed by atoms with Crippen molar-refractivity contribution in [3.63, 3.8) is 0 Å². The lowest BCUT2D eigenvalue weighted by molar-refractivity contribution is -0.119. The van der Waals surface area contributed by atoms with Crippen LogP contribution in [0.4, 0.5) is 0 Å². The maximum absolute atomic E-state index is 11.2. The molecule has 1 rings (SSSR count). The fourth-order valence-corrected chi connectivity index (χ4v) is 1.19. The van der Waals surface area contributed by atoms with Gasteiger partial charge in [0.05, 0.1) is 0 Å². The Bertz CT molecular complexity index is 150. The number of nitrogens with two attached hydrogens (primary N) is 1. The lowest BCUT2D eigenvalue weighted by Crippen LogP contribution is -2.25. The van der Waals surface area contributed by atoms with E-state index in [-0.39, 0.29) is 5.54 Å². The van der Waals surface area contributed by atoms with Gasteiger partial charge in [0.15, 0.2) is 0 Å². The second-order valence-corrected chi connectivity index (χ2v) is 3.68. The summed E-state index contributed by atoms with van der Waals surface area (Å²) in [6.45, 7) is 2.10. The summed E-state index contributed by atoms with van der Waals surface area (Å²) in [5, 5.41) is 0. The van der Waals surface area contributed by atoms with Crippen LogP contribution in [0.15, 0.2) is 0 Å². The largest absolute Gasteiger partial charge is 0.325 e. The molecule has 0 heterocycles. The fourth-order valence-electron chi connectivity index (χ4n) is 1.19. The summed E-state index contributed by atoms with van der Waals surface area (Å²) < 4.78 is 0. The van der Waals surface area contributed by atoms with Gasteiger partial charge in [-0.2, -0.15) is 0 Å². The predicted octanol–water partition coefficient (Wildman–Crippen LogP) is 1.63. The third-order valence-electron chi connectivity index (χ3n) is 2.25. The van der Waals surface area contributed by atoms with E-state index in [2.05, 4.69) is 6.92 Å². The Morgan fingerprint density at radius 1 is 1.55 bits per heavy atom. The van der Waals surface area contributed by atoms with Gasteiger partial charge < -0.3 is 5.73 Å². The zero-order valence-corrected chi connectivity index (χ0v) is 7.23. The minimum absolute atomic E-state index is 0.0785. The molecule has 1 saturated carbocycles. The summed E-state index contributed by atoms with van der Waals surface area (Å²) in [4.78, 5) is 11.2. The van der Waals surface area contributed by atoms with Crippen LogP contribution in [0.3, 0.4) is 0 Å². The van der Waals surface area contributed by atoms with Crippen molar-refractivity contribution in [2.45, 2.75) is 51.0 Å². The molecule has 0 aromatic rings. The SMILES string of the molecule is CCCCC(=O)CC1(N)CC1. The van der Waals surface area contributed by atoms with Crippen LogP contribution in [0, 0.1) is 0 Å². The number of unbranched alkanes of at least 4 members (excludes halogenated alkanes) is 1. The van der Waals surface area contributed by atoms with Crippen LogP contribution in [0.5, 0.6) is 0 Å². The van der Waals surface area contributed by atoms with Gasteiger partial charge in [-0.3, -0.25) is 4.79 Å². The van der Waals surface area contributed by atoms with E-state index in [1.54, 1.807) is 0 Å². The summed E-state index contributed by atoms with van der Waals surface area (Å²) in [6, 6.07) is 0. The normalized spacial score (nSPS) is 19.8. The fraction of sp³-hybridized carbons (Fsp3) is 0.889. The Morgan fingerprint density at radius 3 is 2.64 bits per heavy atom. The molecule has 2 nitrogen and oxygen atoms in total. The molecule has 0 aromatic carbocycles.